The quantitative estimate of drug-likeness (QED) is 0.226. The van der Waals surface area contributed by atoms with E-state index < -0.39 is 27.7 Å². The van der Waals surface area contributed by atoms with Gasteiger partial charge in [0.25, 0.3) is 0 Å². The third kappa shape index (κ3) is 9.59. The number of carbonyl (C=O) groups is 2. The molecule has 1 N–H and O–H groups in total. The lowest BCUT2D eigenvalue weighted by Crippen LogP contribution is -2.52. The largest absolute Gasteiger partial charge is 0.352 e. The molecule has 3 aromatic rings. The molecule has 0 bridgehead atoms. The highest BCUT2D eigenvalue weighted by molar-refractivity contribution is 9.10. The molecule has 1 saturated carbocycles. The molecule has 0 aliphatic heterocycles. The second kappa shape index (κ2) is 15.6. The molecule has 1 unspecified atom stereocenters. The van der Waals surface area contributed by atoms with Crippen molar-refractivity contribution in [2.24, 2.45) is 0 Å². The standard InChI is InChI=1S/C33H38BrF2N3O4S/c1-44(42,43)39(28-17-18-29(35)30(36)22-28)19-9-16-32(40)38(23-25-12-8-13-26(34)20-25)31(21-24-10-4-2-5-11-24)33(41)37-27-14-6-3-7-15-27/h2,4-5,8,10-13,17-18,20,22,27,31H,3,6-7,9,14-16,19,21,23H2,1H3,(H,37,41). The summed E-state index contributed by atoms with van der Waals surface area (Å²) in [6.07, 6.45) is 6.35. The van der Waals surface area contributed by atoms with Crippen LogP contribution in [0.5, 0.6) is 0 Å². The Kier molecular flexibility index (Phi) is 11.9. The highest BCUT2D eigenvalue weighted by Gasteiger charge is 2.32. The van der Waals surface area contributed by atoms with Crippen LogP contribution in [-0.2, 0) is 32.6 Å². The first-order chi connectivity index (χ1) is 21.0. The summed E-state index contributed by atoms with van der Waals surface area (Å²) >= 11 is 3.49. The van der Waals surface area contributed by atoms with Crippen LogP contribution in [0.25, 0.3) is 0 Å². The third-order valence-electron chi connectivity index (χ3n) is 7.81. The fourth-order valence-electron chi connectivity index (χ4n) is 5.57. The molecule has 0 heterocycles. The molecular weight excluding hydrogens is 652 g/mol. The van der Waals surface area contributed by atoms with Gasteiger partial charge >= 0.3 is 0 Å². The zero-order valence-electron chi connectivity index (χ0n) is 24.7. The van der Waals surface area contributed by atoms with Gasteiger partial charge in [-0.1, -0.05) is 77.7 Å². The molecule has 7 nitrogen and oxygen atoms in total. The molecule has 236 valence electrons. The molecular formula is C33H38BrF2N3O4S. The van der Waals surface area contributed by atoms with E-state index >= 15 is 0 Å². The fourth-order valence-corrected chi connectivity index (χ4v) is 6.98. The van der Waals surface area contributed by atoms with Gasteiger partial charge in [0, 0.05) is 42.5 Å². The summed E-state index contributed by atoms with van der Waals surface area (Å²) in [4.78, 5) is 29.5. The van der Waals surface area contributed by atoms with Crippen molar-refractivity contribution < 1.29 is 26.8 Å². The Morgan fingerprint density at radius 3 is 2.30 bits per heavy atom. The molecule has 44 heavy (non-hydrogen) atoms. The Balaban J connectivity index is 1.59. The molecule has 4 rings (SSSR count). The van der Waals surface area contributed by atoms with Crippen molar-refractivity contribution in [1.82, 2.24) is 10.2 Å². The van der Waals surface area contributed by atoms with Crippen molar-refractivity contribution in [2.75, 3.05) is 17.1 Å². The van der Waals surface area contributed by atoms with Crippen molar-refractivity contribution in [3.05, 3.63) is 100 Å². The smallest absolute Gasteiger partial charge is 0.243 e. The van der Waals surface area contributed by atoms with Gasteiger partial charge in [-0.05, 0) is 54.7 Å². The molecule has 2 amide bonds. The number of anilines is 1. The van der Waals surface area contributed by atoms with Crippen LogP contribution in [0, 0.1) is 11.6 Å². The predicted molar refractivity (Wildman–Crippen MR) is 171 cm³/mol. The molecule has 1 atom stereocenters. The summed E-state index contributed by atoms with van der Waals surface area (Å²) < 4.78 is 54.4. The number of hydrogen-bond donors (Lipinski definition) is 1. The molecule has 0 radical (unpaired) electrons. The van der Waals surface area contributed by atoms with Gasteiger partial charge in [0.05, 0.1) is 11.9 Å². The van der Waals surface area contributed by atoms with Crippen molar-refractivity contribution >= 4 is 43.5 Å². The summed E-state index contributed by atoms with van der Waals surface area (Å²) in [5.74, 6) is -2.79. The lowest BCUT2D eigenvalue weighted by Gasteiger charge is -2.34. The van der Waals surface area contributed by atoms with Gasteiger partial charge in [-0.2, -0.15) is 0 Å². The van der Waals surface area contributed by atoms with Crippen molar-refractivity contribution in [3.8, 4) is 0 Å². The van der Waals surface area contributed by atoms with Crippen LogP contribution in [0.3, 0.4) is 0 Å². The summed E-state index contributed by atoms with van der Waals surface area (Å²) in [6.45, 7) is 0.0464. The number of amides is 2. The number of rotatable bonds is 13. The predicted octanol–water partition coefficient (Wildman–Crippen LogP) is 6.36. The Bertz CT molecular complexity index is 1530. The molecule has 3 aromatic carbocycles. The Labute approximate surface area is 266 Å². The SMILES string of the molecule is CS(=O)(=O)N(CCCC(=O)N(Cc1cccc(Br)c1)C(Cc1ccccc1)C(=O)NC1CCCCC1)c1ccc(F)c(F)c1. The third-order valence-corrected chi connectivity index (χ3v) is 9.50. The Morgan fingerprint density at radius 1 is 0.932 bits per heavy atom. The highest BCUT2D eigenvalue weighted by Crippen LogP contribution is 2.24. The lowest BCUT2D eigenvalue weighted by atomic mass is 9.94. The van der Waals surface area contributed by atoms with Crippen molar-refractivity contribution in [2.45, 2.75) is 70.0 Å². The Morgan fingerprint density at radius 2 is 1.64 bits per heavy atom. The van der Waals surface area contributed by atoms with Crippen LogP contribution in [0.2, 0.25) is 0 Å². The molecule has 1 aliphatic carbocycles. The van der Waals surface area contributed by atoms with E-state index in [0.29, 0.717) is 6.42 Å². The fraction of sp³-hybridized carbons (Fsp3) is 0.394. The van der Waals surface area contributed by atoms with E-state index in [1.165, 1.54) is 6.07 Å². The van der Waals surface area contributed by atoms with E-state index in [2.05, 4.69) is 21.2 Å². The monoisotopic (exact) mass is 689 g/mol. The van der Waals surface area contributed by atoms with Gasteiger partial charge < -0.3 is 10.2 Å². The first-order valence-corrected chi connectivity index (χ1v) is 17.5. The van der Waals surface area contributed by atoms with Crippen molar-refractivity contribution in [3.63, 3.8) is 0 Å². The maximum absolute atomic E-state index is 14.0. The number of benzene rings is 3. The minimum Gasteiger partial charge on any atom is -0.352 e. The van der Waals surface area contributed by atoms with Crippen LogP contribution >= 0.6 is 15.9 Å². The van der Waals surface area contributed by atoms with Crippen LogP contribution in [-0.4, -0.2) is 50.0 Å². The first kappa shape index (κ1) is 33.6. The van der Waals surface area contributed by atoms with E-state index in [-0.39, 0.29) is 49.5 Å². The summed E-state index contributed by atoms with van der Waals surface area (Å²) in [5.41, 5.74) is 1.71. The second-order valence-corrected chi connectivity index (χ2v) is 14.1. The maximum Gasteiger partial charge on any atom is 0.243 e. The van der Waals surface area contributed by atoms with E-state index in [0.717, 1.165) is 70.4 Å². The average Bonchev–Trinajstić information content (AvgIpc) is 2.99. The molecule has 0 aromatic heterocycles. The van der Waals surface area contributed by atoms with E-state index in [1.54, 1.807) is 4.90 Å². The topological polar surface area (TPSA) is 86.8 Å². The summed E-state index contributed by atoms with van der Waals surface area (Å²) in [7, 11) is -3.86. The zero-order valence-corrected chi connectivity index (χ0v) is 27.1. The van der Waals surface area contributed by atoms with E-state index in [1.807, 2.05) is 54.6 Å². The normalized spacial score (nSPS) is 14.5. The summed E-state index contributed by atoms with van der Waals surface area (Å²) in [6, 6.07) is 19.2. The number of nitrogens with one attached hydrogen (secondary N) is 1. The first-order valence-electron chi connectivity index (χ1n) is 14.8. The number of sulfonamides is 1. The number of halogens is 3. The Hall–Kier alpha value is -3.31. The number of carbonyl (C=O) groups excluding carboxylic acids is 2. The van der Waals surface area contributed by atoms with Crippen LogP contribution in [0.4, 0.5) is 14.5 Å². The minimum atomic E-state index is -3.86. The molecule has 0 saturated heterocycles. The zero-order chi connectivity index (χ0) is 31.7. The number of hydrogen-bond acceptors (Lipinski definition) is 4. The lowest BCUT2D eigenvalue weighted by molar-refractivity contribution is -0.141. The van der Waals surface area contributed by atoms with E-state index in [9.17, 15) is 26.8 Å². The average molecular weight is 691 g/mol. The summed E-state index contributed by atoms with van der Waals surface area (Å²) in [5, 5.41) is 3.20. The maximum atomic E-state index is 14.0. The molecule has 0 spiro atoms. The highest BCUT2D eigenvalue weighted by atomic mass is 79.9. The van der Waals surface area contributed by atoms with Crippen molar-refractivity contribution in [1.29, 1.82) is 0 Å². The van der Waals surface area contributed by atoms with Gasteiger partial charge in [0.15, 0.2) is 11.6 Å². The van der Waals surface area contributed by atoms with Gasteiger partial charge in [-0.15, -0.1) is 0 Å². The van der Waals surface area contributed by atoms with Gasteiger partial charge in [-0.3, -0.25) is 13.9 Å². The molecule has 1 aliphatic rings. The van der Waals surface area contributed by atoms with E-state index in [4.69, 9.17) is 0 Å². The van der Waals surface area contributed by atoms with Gasteiger partial charge in [-0.25, -0.2) is 17.2 Å². The van der Waals surface area contributed by atoms with Crippen LogP contribution in [0.15, 0.2) is 77.3 Å². The van der Waals surface area contributed by atoms with Gasteiger partial charge in [0.1, 0.15) is 6.04 Å². The molecule has 1 fully saturated rings. The molecule has 11 heteroatoms. The van der Waals surface area contributed by atoms with Gasteiger partial charge in [0.2, 0.25) is 21.8 Å². The number of nitrogens with zero attached hydrogens (tertiary/aromatic N) is 2. The second-order valence-electron chi connectivity index (χ2n) is 11.2. The van der Waals surface area contributed by atoms with Crippen LogP contribution in [0.1, 0.15) is 56.1 Å². The van der Waals surface area contributed by atoms with Crippen LogP contribution < -0.4 is 9.62 Å². The minimum absolute atomic E-state index is 0.0290.